The van der Waals surface area contributed by atoms with Gasteiger partial charge in [-0.2, -0.15) is 0 Å². The van der Waals surface area contributed by atoms with Crippen LogP contribution >= 0.6 is 0 Å². The molecule has 0 bridgehead atoms. The van der Waals surface area contributed by atoms with Gasteiger partial charge in [0.15, 0.2) is 5.76 Å². The van der Waals surface area contributed by atoms with Gasteiger partial charge in [-0.15, -0.1) is 0 Å². The molecule has 1 aromatic carbocycles. The Labute approximate surface area is 160 Å². The van der Waals surface area contributed by atoms with Crippen molar-refractivity contribution in [3.8, 4) is 0 Å². The summed E-state index contributed by atoms with van der Waals surface area (Å²) < 4.78 is 4.97. The van der Waals surface area contributed by atoms with Crippen LogP contribution in [0.3, 0.4) is 0 Å². The molecule has 0 spiro atoms. The Morgan fingerprint density at radius 1 is 1.00 bits per heavy atom. The third-order valence-corrected chi connectivity index (χ3v) is 4.69. The Kier molecular flexibility index (Phi) is 7.61. The molecule has 2 amide bonds. The summed E-state index contributed by atoms with van der Waals surface area (Å²) in [6.07, 6.45) is 2.51. The van der Waals surface area contributed by atoms with Crippen molar-refractivity contribution in [1.29, 1.82) is 0 Å². The van der Waals surface area contributed by atoms with Gasteiger partial charge in [-0.3, -0.25) is 20.4 Å². The van der Waals surface area contributed by atoms with E-state index in [0.717, 1.165) is 12.0 Å². The Hall–Kier alpha value is -2.60. The average Bonchev–Trinajstić information content (AvgIpc) is 3.20. The van der Waals surface area contributed by atoms with E-state index in [4.69, 9.17) is 4.42 Å². The average molecular weight is 371 g/mol. The number of furan rings is 1. The highest BCUT2D eigenvalue weighted by Crippen LogP contribution is 2.25. The van der Waals surface area contributed by atoms with E-state index in [1.54, 1.807) is 6.07 Å². The molecule has 2 aromatic rings. The molecule has 2 rings (SSSR count). The third kappa shape index (κ3) is 5.96. The lowest BCUT2D eigenvalue weighted by Gasteiger charge is -2.23. The zero-order valence-electron chi connectivity index (χ0n) is 16.4. The number of nitrogens with one attached hydrogen (secondary N) is 3. The standard InChI is InChI=1S/C21H29N3O3/c1-5-15(4)16-8-10-17(11-9-16)20(14(2)3)22-13-19(25)23-24-21(26)18-7-6-12-27-18/h6-12,14-15,20,22H,5,13H2,1-4H3,(H,23,25)(H,24,26)/t15-,20-/m1/s1. The molecule has 3 N–H and O–H groups in total. The van der Waals surface area contributed by atoms with Gasteiger partial charge in [-0.1, -0.05) is 52.0 Å². The van der Waals surface area contributed by atoms with Crippen molar-refractivity contribution in [2.45, 2.75) is 46.1 Å². The number of hydrogen-bond donors (Lipinski definition) is 3. The fourth-order valence-corrected chi connectivity index (χ4v) is 2.85. The quantitative estimate of drug-likeness (QED) is 0.620. The molecule has 2 atom stereocenters. The summed E-state index contributed by atoms with van der Waals surface area (Å²) in [5, 5.41) is 3.27. The molecule has 0 aliphatic rings. The summed E-state index contributed by atoms with van der Waals surface area (Å²) in [6.45, 7) is 8.71. The van der Waals surface area contributed by atoms with Crippen LogP contribution in [-0.4, -0.2) is 18.4 Å². The lowest BCUT2D eigenvalue weighted by Crippen LogP contribution is -2.46. The normalized spacial score (nSPS) is 13.2. The first kappa shape index (κ1) is 20.7. The fourth-order valence-electron chi connectivity index (χ4n) is 2.85. The fraction of sp³-hybridized carbons (Fsp3) is 0.429. The second kappa shape index (κ2) is 9.92. The van der Waals surface area contributed by atoms with Gasteiger partial charge in [0.2, 0.25) is 0 Å². The molecule has 0 aliphatic carbocycles. The van der Waals surface area contributed by atoms with Crippen LogP contribution in [0.2, 0.25) is 0 Å². The maximum atomic E-state index is 12.0. The second-order valence-corrected chi connectivity index (χ2v) is 7.06. The molecule has 1 aromatic heterocycles. The van der Waals surface area contributed by atoms with Gasteiger partial charge in [0.1, 0.15) is 0 Å². The van der Waals surface area contributed by atoms with Crippen LogP contribution in [0, 0.1) is 5.92 Å². The number of hydrazine groups is 1. The largest absolute Gasteiger partial charge is 0.459 e. The lowest BCUT2D eigenvalue weighted by molar-refractivity contribution is -0.121. The first-order valence-corrected chi connectivity index (χ1v) is 9.38. The predicted molar refractivity (Wildman–Crippen MR) is 105 cm³/mol. The molecule has 0 fully saturated rings. The summed E-state index contributed by atoms with van der Waals surface area (Å²) in [5.74, 6) is 0.175. The van der Waals surface area contributed by atoms with Crippen molar-refractivity contribution in [3.63, 3.8) is 0 Å². The van der Waals surface area contributed by atoms with Crippen molar-refractivity contribution < 1.29 is 14.0 Å². The highest BCUT2D eigenvalue weighted by Gasteiger charge is 2.17. The van der Waals surface area contributed by atoms with Crippen LogP contribution in [0.25, 0.3) is 0 Å². The number of amides is 2. The SMILES string of the molecule is CC[C@@H](C)c1ccc([C@H](NCC(=O)NNC(=O)c2ccco2)C(C)C)cc1. The van der Waals surface area contributed by atoms with Crippen molar-refractivity contribution in [2.24, 2.45) is 5.92 Å². The molecule has 146 valence electrons. The molecule has 0 saturated heterocycles. The first-order chi connectivity index (χ1) is 12.9. The van der Waals surface area contributed by atoms with Gasteiger partial charge in [-0.05, 0) is 41.5 Å². The first-order valence-electron chi connectivity index (χ1n) is 9.38. The van der Waals surface area contributed by atoms with Gasteiger partial charge in [-0.25, -0.2) is 0 Å². The Morgan fingerprint density at radius 3 is 2.22 bits per heavy atom. The summed E-state index contributed by atoms with van der Waals surface area (Å²) in [5.41, 5.74) is 7.18. The number of carbonyl (C=O) groups excluding carboxylic acids is 2. The molecule has 6 nitrogen and oxygen atoms in total. The monoisotopic (exact) mass is 371 g/mol. The second-order valence-electron chi connectivity index (χ2n) is 7.06. The van der Waals surface area contributed by atoms with E-state index < -0.39 is 5.91 Å². The van der Waals surface area contributed by atoms with E-state index >= 15 is 0 Å². The zero-order chi connectivity index (χ0) is 19.8. The molecule has 0 saturated carbocycles. The van der Waals surface area contributed by atoms with Gasteiger partial charge in [0.25, 0.3) is 5.91 Å². The highest BCUT2D eigenvalue weighted by atomic mass is 16.3. The zero-order valence-corrected chi connectivity index (χ0v) is 16.4. The van der Waals surface area contributed by atoms with E-state index in [2.05, 4.69) is 68.1 Å². The molecular weight excluding hydrogens is 342 g/mol. The number of rotatable bonds is 8. The van der Waals surface area contributed by atoms with Gasteiger partial charge < -0.3 is 9.73 Å². The van der Waals surface area contributed by atoms with E-state index in [0.29, 0.717) is 11.8 Å². The smallest absolute Gasteiger partial charge is 0.305 e. The molecule has 27 heavy (non-hydrogen) atoms. The maximum absolute atomic E-state index is 12.0. The maximum Gasteiger partial charge on any atom is 0.305 e. The summed E-state index contributed by atoms with van der Waals surface area (Å²) >= 11 is 0. The Morgan fingerprint density at radius 2 is 1.67 bits per heavy atom. The minimum atomic E-state index is -0.491. The lowest BCUT2D eigenvalue weighted by atomic mass is 9.92. The minimum absolute atomic E-state index is 0.0440. The van der Waals surface area contributed by atoms with Crippen LogP contribution in [-0.2, 0) is 4.79 Å². The van der Waals surface area contributed by atoms with Crippen molar-refractivity contribution in [3.05, 3.63) is 59.5 Å². The van der Waals surface area contributed by atoms with E-state index in [-0.39, 0.29) is 24.3 Å². The molecular formula is C21H29N3O3. The van der Waals surface area contributed by atoms with Crippen molar-refractivity contribution in [1.82, 2.24) is 16.2 Å². The molecule has 0 unspecified atom stereocenters. The molecule has 0 aliphatic heterocycles. The van der Waals surface area contributed by atoms with Gasteiger partial charge in [0, 0.05) is 6.04 Å². The van der Waals surface area contributed by atoms with Gasteiger partial charge in [0.05, 0.1) is 12.8 Å². The Bertz CT molecular complexity index is 724. The molecule has 0 radical (unpaired) electrons. The number of benzene rings is 1. The van der Waals surface area contributed by atoms with Crippen molar-refractivity contribution >= 4 is 11.8 Å². The van der Waals surface area contributed by atoms with Crippen molar-refractivity contribution in [2.75, 3.05) is 6.54 Å². The van der Waals surface area contributed by atoms with E-state index in [1.165, 1.54) is 17.9 Å². The molecule has 6 heteroatoms. The Balaban J connectivity index is 1.88. The summed E-state index contributed by atoms with van der Waals surface area (Å²) in [4.78, 5) is 23.8. The summed E-state index contributed by atoms with van der Waals surface area (Å²) in [6, 6.07) is 11.7. The van der Waals surface area contributed by atoms with Crippen LogP contribution in [0.15, 0.2) is 47.1 Å². The van der Waals surface area contributed by atoms with Crippen LogP contribution in [0.1, 0.15) is 67.8 Å². The van der Waals surface area contributed by atoms with Crippen LogP contribution in [0.5, 0.6) is 0 Å². The predicted octanol–water partition coefficient (Wildman–Crippen LogP) is 3.54. The van der Waals surface area contributed by atoms with E-state index in [9.17, 15) is 9.59 Å². The van der Waals surface area contributed by atoms with Crippen LogP contribution in [0.4, 0.5) is 0 Å². The topological polar surface area (TPSA) is 83.4 Å². The molecule has 1 heterocycles. The number of hydrogen-bond acceptors (Lipinski definition) is 4. The summed E-state index contributed by atoms with van der Waals surface area (Å²) in [7, 11) is 0. The highest BCUT2D eigenvalue weighted by molar-refractivity contribution is 5.93. The number of carbonyl (C=O) groups is 2. The van der Waals surface area contributed by atoms with E-state index in [1.807, 2.05) is 0 Å². The van der Waals surface area contributed by atoms with Crippen LogP contribution < -0.4 is 16.2 Å². The minimum Gasteiger partial charge on any atom is -0.459 e. The van der Waals surface area contributed by atoms with Gasteiger partial charge >= 0.3 is 5.91 Å². The third-order valence-electron chi connectivity index (χ3n) is 4.69.